The van der Waals surface area contributed by atoms with Gasteiger partial charge in [0.1, 0.15) is 5.82 Å². The zero-order valence-corrected chi connectivity index (χ0v) is 15.0. The van der Waals surface area contributed by atoms with E-state index in [2.05, 4.69) is 10.6 Å². The summed E-state index contributed by atoms with van der Waals surface area (Å²) in [5, 5.41) is 7.69. The fraction of sp³-hybridized carbons (Fsp3) is 0.294. The molecule has 2 N–H and O–H groups in total. The molecule has 134 valence electrons. The number of nitrogens with zero attached hydrogens (tertiary/aromatic N) is 1. The molecule has 1 aromatic carbocycles. The molecule has 1 aromatic heterocycles. The molecule has 8 heteroatoms. The molecule has 0 radical (unpaired) electrons. The molecule has 1 aliphatic heterocycles. The minimum absolute atomic E-state index is 0. The van der Waals surface area contributed by atoms with Crippen LogP contribution in [-0.2, 0) is 4.79 Å². The highest BCUT2D eigenvalue weighted by molar-refractivity contribution is 7.12. The number of carbonyl (C=O) groups is 2. The lowest BCUT2D eigenvalue weighted by atomic mass is 10.0. The van der Waals surface area contributed by atoms with E-state index in [0.717, 1.165) is 5.56 Å². The average molecular weight is 384 g/mol. The summed E-state index contributed by atoms with van der Waals surface area (Å²) in [5.41, 5.74) is 0.750. The quantitative estimate of drug-likeness (QED) is 0.851. The fourth-order valence-corrected chi connectivity index (χ4v) is 3.41. The zero-order chi connectivity index (χ0) is 16.9. The minimum atomic E-state index is -0.323. The van der Waals surface area contributed by atoms with Crippen LogP contribution in [0.4, 0.5) is 4.39 Å². The van der Waals surface area contributed by atoms with Crippen molar-refractivity contribution < 1.29 is 14.0 Å². The molecule has 0 bridgehead atoms. The van der Waals surface area contributed by atoms with Gasteiger partial charge in [0.15, 0.2) is 0 Å². The summed E-state index contributed by atoms with van der Waals surface area (Å²) in [7, 11) is 0. The van der Waals surface area contributed by atoms with Gasteiger partial charge in [0, 0.05) is 19.6 Å². The monoisotopic (exact) mass is 383 g/mol. The van der Waals surface area contributed by atoms with E-state index < -0.39 is 0 Å². The number of rotatable bonds is 4. The number of benzene rings is 1. The van der Waals surface area contributed by atoms with Gasteiger partial charge in [-0.1, -0.05) is 18.2 Å². The van der Waals surface area contributed by atoms with Crippen LogP contribution < -0.4 is 10.6 Å². The van der Waals surface area contributed by atoms with Gasteiger partial charge in [-0.25, -0.2) is 4.39 Å². The van der Waals surface area contributed by atoms with E-state index in [1.54, 1.807) is 23.1 Å². The lowest BCUT2D eigenvalue weighted by molar-refractivity contribution is -0.133. The van der Waals surface area contributed by atoms with Crippen molar-refractivity contribution in [1.29, 1.82) is 0 Å². The van der Waals surface area contributed by atoms with Crippen LogP contribution in [0, 0.1) is 5.82 Å². The summed E-state index contributed by atoms with van der Waals surface area (Å²) in [6, 6.07) is 9.55. The molecule has 1 unspecified atom stereocenters. The highest BCUT2D eigenvalue weighted by Gasteiger charge is 2.28. The maximum absolute atomic E-state index is 13.5. The largest absolute Gasteiger partial charge is 0.342 e. The summed E-state index contributed by atoms with van der Waals surface area (Å²) in [4.78, 5) is 26.8. The normalized spacial score (nSPS) is 16.8. The topological polar surface area (TPSA) is 61.4 Å². The Morgan fingerprint density at radius 1 is 1.32 bits per heavy atom. The first-order valence-corrected chi connectivity index (χ1v) is 8.60. The predicted molar refractivity (Wildman–Crippen MR) is 97.6 cm³/mol. The van der Waals surface area contributed by atoms with Gasteiger partial charge in [0.2, 0.25) is 5.91 Å². The number of nitrogens with one attached hydrogen (secondary N) is 2. The van der Waals surface area contributed by atoms with E-state index in [9.17, 15) is 14.0 Å². The maximum Gasteiger partial charge on any atom is 0.261 e. The van der Waals surface area contributed by atoms with Crippen LogP contribution in [0.5, 0.6) is 0 Å². The lowest BCUT2D eigenvalue weighted by Gasteiger charge is -2.36. The van der Waals surface area contributed by atoms with Crippen LogP contribution in [-0.4, -0.2) is 42.9 Å². The Bertz CT molecular complexity index is 726. The number of piperazine rings is 1. The van der Waals surface area contributed by atoms with Gasteiger partial charge >= 0.3 is 0 Å². The van der Waals surface area contributed by atoms with Crippen LogP contribution in [0.1, 0.15) is 21.3 Å². The molecular weight excluding hydrogens is 365 g/mol. The van der Waals surface area contributed by atoms with E-state index >= 15 is 0 Å². The van der Waals surface area contributed by atoms with E-state index in [1.165, 1.54) is 23.5 Å². The van der Waals surface area contributed by atoms with Gasteiger partial charge < -0.3 is 15.5 Å². The Kier molecular flexibility index (Phi) is 6.92. The van der Waals surface area contributed by atoms with E-state index in [-0.39, 0.29) is 42.6 Å². The first kappa shape index (κ1) is 19.4. The molecule has 0 aliphatic carbocycles. The van der Waals surface area contributed by atoms with Crippen LogP contribution in [0.15, 0.2) is 41.8 Å². The van der Waals surface area contributed by atoms with Crippen molar-refractivity contribution in [1.82, 2.24) is 15.5 Å². The SMILES string of the molecule is Cl.O=C(NCC(=O)N1CCNCC1c1cccc(F)c1)c1cccs1. The Morgan fingerprint density at radius 3 is 2.88 bits per heavy atom. The third kappa shape index (κ3) is 4.78. The summed E-state index contributed by atoms with van der Waals surface area (Å²) in [6.07, 6.45) is 0. The average Bonchev–Trinajstić information content (AvgIpc) is 3.14. The molecule has 5 nitrogen and oxygen atoms in total. The predicted octanol–water partition coefficient (Wildman–Crippen LogP) is 2.21. The van der Waals surface area contributed by atoms with Crippen LogP contribution in [0.3, 0.4) is 0 Å². The van der Waals surface area contributed by atoms with Gasteiger partial charge in [0.05, 0.1) is 17.5 Å². The molecule has 2 amide bonds. The first-order chi connectivity index (χ1) is 11.6. The molecule has 25 heavy (non-hydrogen) atoms. The van der Waals surface area contributed by atoms with Crippen molar-refractivity contribution in [3.05, 3.63) is 58.0 Å². The first-order valence-electron chi connectivity index (χ1n) is 7.72. The summed E-state index contributed by atoms with van der Waals surface area (Å²) in [5.74, 6) is -0.747. The van der Waals surface area contributed by atoms with Gasteiger partial charge in [-0.3, -0.25) is 9.59 Å². The number of halogens is 2. The van der Waals surface area contributed by atoms with Gasteiger partial charge in [-0.2, -0.15) is 0 Å². The Morgan fingerprint density at radius 2 is 2.16 bits per heavy atom. The highest BCUT2D eigenvalue weighted by atomic mass is 35.5. The Labute approximate surface area is 155 Å². The van der Waals surface area contributed by atoms with Crippen LogP contribution in [0.25, 0.3) is 0 Å². The second-order valence-corrected chi connectivity index (χ2v) is 6.47. The lowest BCUT2D eigenvalue weighted by Crippen LogP contribution is -2.51. The van der Waals surface area contributed by atoms with Crippen molar-refractivity contribution in [2.24, 2.45) is 0 Å². The van der Waals surface area contributed by atoms with Crippen LogP contribution >= 0.6 is 23.7 Å². The van der Waals surface area contributed by atoms with Crippen LogP contribution in [0.2, 0.25) is 0 Å². The number of hydrogen-bond donors (Lipinski definition) is 2. The fourth-order valence-electron chi connectivity index (χ4n) is 2.77. The number of thiophene rings is 1. The van der Waals surface area contributed by atoms with Crippen molar-refractivity contribution >= 4 is 35.6 Å². The molecule has 1 fully saturated rings. The van der Waals surface area contributed by atoms with Crippen molar-refractivity contribution in [3.63, 3.8) is 0 Å². The number of hydrogen-bond acceptors (Lipinski definition) is 4. The molecule has 2 heterocycles. The molecule has 1 saturated heterocycles. The standard InChI is InChI=1S/C17H18FN3O2S.ClH/c18-13-4-1-3-12(9-13)14-10-19-6-7-21(14)16(22)11-20-17(23)15-5-2-8-24-15;/h1-5,8-9,14,19H,6-7,10-11H2,(H,20,23);1H. The number of amides is 2. The highest BCUT2D eigenvalue weighted by Crippen LogP contribution is 2.22. The maximum atomic E-state index is 13.5. The molecule has 0 spiro atoms. The van der Waals surface area contributed by atoms with Crippen molar-refractivity contribution in [2.75, 3.05) is 26.2 Å². The molecular formula is C17H19ClFN3O2S. The summed E-state index contributed by atoms with van der Waals surface area (Å²) >= 11 is 1.33. The second kappa shape index (κ2) is 8.94. The van der Waals surface area contributed by atoms with Crippen molar-refractivity contribution in [2.45, 2.75) is 6.04 Å². The third-order valence-corrected chi connectivity index (χ3v) is 4.81. The number of carbonyl (C=O) groups excluding carboxylic acids is 2. The summed E-state index contributed by atoms with van der Waals surface area (Å²) < 4.78 is 13.5. The van der Waals surface area contributed by atoms with Gasteiger partial charge in [-0.15, -0.1) is 23.7 Å². The zero-order valence-electron chi connectivity index (χ0n) is 13.4. The van der Waals surface area contributed by atoms with E-state index in [1.807, 2.05) is 11.4 Å². The molecule has 1 atom stereocenters. The smallest absolute Gasteiger partial charge is 0.261 e. The third-order valence-electron chi connectivity index (χ3n) is 3.94. The summed E-state index contributed by atoms with van der Waals surface area (Å²) in [6.45, 7) is 1.70. The minimum Gasteiger partial charge on any atom is -0.342 e. The van der Waals surface area contributed by atoms with Gasteiger partial charge in [-0.05, 0) is 29.1 Å². The van der Waals surface area contributed by atoms with E-state index in [0.29, 0.717) is 24.5 Å². The van der Waals surface area contributed by atoms with E-state index in [4.69, 9.17) is 0 Å². The molecule has 1 aliphatic rings. The second-order valence-electron chi connectivity index (χ2n) is 5.52. The molecule has 0 saturated carbocycles. The Hall–Kier alpha value is -1.96. The van der Waals surface area contributed by atoms with Gasteiger partial charge in [0.25, 0.3) is 5.91 Å². The molecule has 2 aromatic rings. The Balaban J connectivity index is 0.00000225. The van der Waals surface area contributed by atoms with Crippen molar-refractivity contribution in [3.8, 4) is 0 Å². The molecule has 3 rings (SSSR count).